The number of rotatable bonds is 3. The summed E-state index contributed by atoms with van der Waals surface area (Å²) in [6.07, 6.45) is -1.09. The van der Waals surface area contributed by atoms with Gasteiger partial charge in [-0.25, -0.2) is 13.2 Å². The smallest absolute Gasteiger partial charge is 0.284 e. The van der Waals surface area contributed by atoms with Gasteiger partial charge in [-0.2, -0.15) is 10.5 Å². The molecule has 0 aromatic heterocycles. The largest absolute Gasteiger partial charge is 0.491 e. The molecule has 1 aromatic carbocycles. The summed E-state index contributed by atoms with van der Waals surface area (Å²) in [4.78, 5) is 0. The van der Waals surface area contributed by atoms with Crippen molar-refractivity contribution in [3.63, 3.8) is 0 Å². The molecule has 132 valence electrons. The van der Waals surface area contributed by atoms with E-state index in [2.05, 4.69) is 0 Å². The van der Waals surface area contributed by atoms with Crippen molar-refractivity contribution in [1.82, 2.24) is 0 Å². The molecular formula is C19H19F3N2O. The van der Waals surface area contributed by atoms with Crippen molar-refractivity contribution in [2.75, 3.05) is 6.61 Å². The summed E-state index contributed by atoms with van der Waals surface area (Å²) in [5.74, 6) is -3.23. The lowest BCUT2D eigenvalue weighted by atomic mass is 9.51. The van der Waals surface area contributed by atoms with Crippen LogP contribution in [0, 0.1) is 40.4 Å². The molecule has 4 rings (SSSR count). The molecule has 25 heavy (non-hydrogen) atoms. The Morgan fingerprint density at radius 1 is 1.12 bits per heavy atom. The lowest BCUT2D eigenvalue weighted by Gasteiger charge is -2.57. The van der Waals surface area contributed by atoms with Crippen LogP contribution >= 0.6 is 0 Å². The van der Waals surface area contributed by atoms with Crippen molar-refractivity contribution in [3.8, 4) is 17.9 Å². The van der Waals surface area contributed by atoms with Crippen molar-refractivity contribution in [1.29, 1.82) is 10.5 Å². The molecular weight excluding hydrogens is 329 g/mol. The number of benzene rings is 1. The topological polar surface area (TPSA) is 56.8 Å². The van der Waals surface area contributed by atoms with Crippen LogP contribution in [0.25, 0.3) is 0 Å². The number of hydrogen-bond acceptors (Lipinski definition) is 3. The van der Waals surface area contributed by atoms with Crippen LogP contribution < -0.4 is 4.74 Å². The third-order valence-corrected chi connectivity index (χ3v) is 6.12. The summed E-state index contributed by atoms with van der Waals surface area (Å²) < 4.78 is 49.2. The highest BCUT2D eigenvalue weighted by molar-refractivity contribution is 5.57. The standard InChI is InChI=1S/C19H19F3N2O/c1-12-3-4-15(14(10-24)13(12)9-23)25-11-18-7-5-17(2,6-8-18)19(21,22)16(18)20/h3-4,16H,5-8,11H2,1-2H3. The average Bonchev–Trinajstić information content (AvgIpc) is 2.60. The minimum atomic E-state index is -3.38. The average molecular weight is 348 g/mol. The van der Waals surface area contributed by atoms with E-state index in [4.69, 9.17) is 4.74 Å². The lowest BCUT2D eigenvalue weighted by molar-refractivity contribution is -0.267. The number of nitrogens with zero attached hydrogens (tertiary/aromatic N) is 2. The number of hydrogen-bond donors (Lipinski definition) is 0. The second-order valence-electron chi connectivity index (χ2n) is 7.55. The molecule has 1 aromatic rings. The Morgan fingerprint density at radius 3 is 2.28 bits per heavy atom. The van der Waals surface area contributed by atoms with Crippen molar-refractivity contribution in [3.05, 3.63) is 28.8 Å². The van der Waals surface area contributed by atoms with E-state index in [1.807, 2.05) is 12.1 Å². The van der Waals surface area contributed by atoms with Gasteiger partial charge in [0, 0.05) is 10.8 Å². The van der Waals surface area contributed by atoms with Gasteiger partial charge in [-0.1, -0.05) is 13.0 Å². The fraction of sp³-hybridized carbons (Fsp3) is 0.579. The third-order valence-electron chi connectivity index (χ3n) is 6.12. The molecule has 3 nitrogen and oxygen atoms in total. The Morgan fingerprint density at radius 2 is 1.72 bits per heavy atom. The first kappa shape index (κ1) is 17.6. The molecule has 1 unspecified atom stereocenters. The zero-order chi connectivity index (χ0) is 18.5. The Bertz CT molecular complexity index is 783. The summed E-state index contributed by atoms with van der Waals surface area (Å²) in [5, 5.41) is 18.5. The summed E-state index contributed by atoms with van der Waals surface area (Å²) in [5.41, 5.74) is -1.64. The molecule has 0 saturated heterocycles. The monoisotopic (exact) mass is 348 g/mol. The highest BCUT2D eigenvalue weighted by Crippen LogP contribution is 2.64. The Balaban J connectivity index is 1.88. The maximum Gasteiger partial charge on any atom is 0.284 e. The predicted molar refractivity (Wildman–Crippen MR) is 85.0 cm³/mol. The van der Waals surface area contributed by atoms with Gasteiger partial charge in [0.2, 0.25) is 0 Å². The van der Waals surface area contributed by atoms with E-state index in [-0.39, 0.29) is 36.3 Å². The van der Waals surface area contributed by atoms with Crippen molar-refractivity contribution < 1.29 is 17.9 Å². The molecule has 1 atom stereocenters. The first-order chi connectivity index (χ1) is 11.7. The first-order valence-electron chi connectivity index (χ1n) is 8.29. The van der Waals surface area contributed by atoms with Gasteiger partial charge in [0.15, 0.2) is 6.17 Å². The molecule has 0 aliphatic heterocycles. The number of ether oxygens (including phenoxy) is 1. The van der Waals surface area contributed by atoms with Crippen LogP contribution in [0.5, 0.6) is 5.75 Å². The Labute approximate surface area is 145 Å². The van der Waals surface area contributed by atoms with E-state index in [1.165, 1.54) is 13.0 Å². The molecule has 0 spiro atoms. The van der Waals surface area contributed by atoms with Crippen LogP contribution in [-0.2, 0) is 0 Å². The quantitative estimate of drug-likeness (QED) is 0.797. The summed E-state index contributed by atoms with van der Waals surface area (Å²) in [7, 11) is 0. The Kier molecular flexibility index (Phi) is 3.99. The van der Waals surface area contributed by atoms with Crippen LogP contribution in [0.4, 0.5) is 13.2 Å². The van der Waals surface area contributed by atoms with Gasteiger partial charge in [0.05, 0.1) is 12.2 Å². The van der Waals surface area contributed by atoms with Crippen LogP contribution in [0.3, 0.4) is 0 Å². The molecule has 0 N–H and O–H groups in total. The van der Waals surface area contributed by atoms with E-state index < -0.39 is 22.9 Å². The van der Waals surface area contributed by atoms with Gasteiger partial charge in [-0.3, -0.25) is 0 Å². The fourth-order valence-corrected chi connectivity index (χ4v) is 4.08. The van der Waals surface area contributed by atoms with Gasteiger partial charge >= 0.3 is 0 Å². The zero-order valence-electron chi connectivity index (χ0n) is 14.2. The number of fused-ring (bicyclic) bond motifs is 3. The van der Waals surface area contributed by atoms with Crippen molar-refractivity contribution >= 4 is 0 Å². The number of halogens is 3. The van der Waals surface area contributed by atoms with Gasteiger partial charge in [0.25, 0.3) is 5.92 Å². The molecule has 6 heteroatoms. The second-order valence-corrected chi connectivity index (χ2v) is 7.55. The van der Waals surface area contributed by atoms with E-state index in [0.717, 1.165) is 0 Å². The number of alkyl halides is 3. The van der Waals surface area contributed by atoms with Crippen LogP contribution in [-0.4, -0.2) is 18.7 Å². The molecule has 0 heterocycles. The van der Waals surface area contributed by atoms with Gasteiger partial charge in [-0.05, 0) is 44.2 Å². The highest BCUT2D eigenvalue weighted by Gasteiger charge is 2.70. The maximum atomic E-state index is 14.7. The molecule has 0 amide bonds. The maximum absolute atomic E-state index is 14.7. The molecule has 3 fully saturated rings. The van der Waals surface area contributed by atoms with E-state index in [0.29, 0.717) is 18.4 Å². The minimum Gasteiger partial charge on any atom is -0.491 e. The molecule has 2 bridgehead atoms. The predicted octanol–water partition coefficient (Wildman–Crippen LogP) is 4.67. The zero-order valence-corrected chi connectivity index (χ0v) is 14.2. The van der Waals surface area contributed by atoms with Crippen LogP contribution in [0.15, 0.2) is 12.1 Å². The lowest BCUT2D eigenvalue weighted by Crippen LogP contribution is -2.64. The molecule has 3 aliphatic rings. The van der Waals surface area contributed by atoms with E-state index in [1.54, 1.807) is 13.0 Å². The second kappa shape index (κ2) is 5.66. The first-order valence-corrected chi connectivity index (χ1v) is 8.29. The van der Waals surface area contributed by atoms with Crippen molar-refractivity contribution in [2.45, 2.75) is 51.6 Å². The normalized spacial score (nSPS) is 32.7. The van der Waals surface area contributed by atoms with Gasteiger partial charge in [0.1, 0.15) is 23.5 Å². The van der Waals surface area contributed by atoms with Gasteiger partial charge < -0.3 is 4.74 Å². The van der Waals surface area contributed by atoms with Gasteiger partial charge in [-0.15, -0.1) is 0 Å². The van der Waals surface area contributed by atoms with E-state index >= 15 is 0 Å². The SMILES string of the molecule is Cc1ccc(OCC23CCC(C)(CC2)C(F)(F)C3F)c(C#N)c1C#N. The fourth-order valence-electron chi connectivity index (χ4n) is 4.08. The minimum absolute atomic E-state index is 0.0672. The summed E-state index contributed by atoms with van der Waals surface area (Å²) in [6, 6.07) is 7.05. The Hall–Kier alpha value is -2.21. The van der Waals surface area contributed by atoms with Crippen LogP contribution in [0.1, 0.15) is 49.3 Å². The molecule has 0 radical (unpaired) electrons. The number of aryl methyl sites for hydroxylation is 1. The highest BCUT2D eigenvalue weighted by atomic mass is 19.3. The van der Waals surface area contributed by atoms with E-state index in [9.17, 15) is 23.7 Å². The molecule has 3 aliphatic carbocycles. The third kappa shape index (κ3) is 2.39. The number of nitriles is 2. The van der Waals surface area contributed by atoms with Crippen molar-refractivity contribution in [2.24, 2.45) is 10.8 Å². The molecule has 3 saturated carbocycles. The summed E-state index contributed by atoms with van der Waals surface area (Å²) in [6.45, 7) is 2.93. The summed E-state index contributed by atoms with van der Waals surface area (Å²) >= 11 is 0. The van der Waals surface area contributed by atoms with Crippen LogP contribution in [0.2, 0.25) is 0 Å².